The summed E-state index contributed by atoms with van der Waals surface area (Å²) in [6.45, 7) is 0.241. The molecule has 0 aliphatic carbocycles. The molecule has 12 heavy (non-hydrogen) atoms. The fourth-order valence-electron chi connectivity index (χ4n) is 1.15. The lowest BCUT2D eigenvalue weighted by Gasteiger charge is -2.28. The highest BCUT2D eigenvalue weighted by atomic mass is 35.5. The minimum absolute atomic E-state index is 0. The summed E-state index contributed by atoms with van der Waals surface area (Å²) < 4.78 is 35.8. The maximum atomic E-state index is 11.9. The van der Waals surface area contributed by atoms with Crippen LogP contribution in [-0.4, -0.2) is 30.0 Å². The molecule has 1 aliphatic rings. The average molecular weight is 206 g/mol. The van der Waals surface area contributed by atoms with E-state index in [4.69, 9.17) is 5.11 Å². The number of aliphatic hydroxyl groups is 1. The highest BCUT2D eigenvalue weighted by molar-refractivity contribution is 5.85. The average Bonchev–Trinajstić information content (AvgIpc) is 1.86. The van der Waals surface area contributed by atoms with E-state index in [2.05, 4.69) is 5.32 Å². The van der Waals surface area contributed by atoms with Crippen molar-refractivity contribution < 1.29 is 18.3 Å². The Morgan fingerprint density at radius 1 is 1.33 bits per heavy atom. The van der Waals surface area contributed by atoms with Gasteiger partial charge in [-0.2, -0.15) is 13.2 Å². The van der Waals surface area contributed by atoms with Crippen LogP contribution in [0.4, 0.5) is 13.2 Å². The number of nitrogens with one attached hydrogen (secondary N) is 1. The lowest BCUT2D eigenvalue weighted by Crippen LogP contribution is -2.49. The first-order chi connectivity index (χ1) is 5.00. The van der Waals surface area contributed by atoms with E-state index in [-0.39, 0.29) is 25.4 Å². The first-order valence-electron chi connectivity index (χ1n) is 3.48. The van der Waals surface area contributed by atoms with Crippen molar-refractivity contribution in [1.82, 2.24) is 5.32 Å². The van der Waals surface area contributed by atoms with Crippen LogP contribution in [0.2, 0.25) is 0 Å². The number of hydrogen-bond donors (Lipinski definition) is 2. The van der Waals surface area contributed by atoms with Crippen molar-refractivity contribution in [3.05, 3.63) is 0 Å². The van der Waals surface area contributed by atoms with Crippen molar-refractivity contribution in [1.29, 1.82) is 0 Å². The zero-order valence-electron chi connectivity index (χ0n) is 6.27. The number of rotatable bonds is 0. The second kappa shape index (κ2) is 4.30. The summed E-state index contributed by atoms with van der Waals surface area (Å²) in [6.07, 6.45) is -4.83. The molecule has 2 N–H and O–H groups in total. The van der Waals surface area contributed by atoms with Crippen LogP contribution in [0.5, 0.6) is 0 Å². The molecular formula is C6H11ClF3NO. The van der Waals surface area contributed by atoms with Gasteiger partial charge in [0.2, 0.25) is 0 Å². The first-order valence-corrected chi connectivity index (χ1v) is 3.48. The van der Waals surface area contributed by atoms with Crippen molar-refractivity contribution in [2.24, 2.45) is 0 Å². The Morgan fingerprint density at radius 2 is 1.92 bits per heavy atom. The molecule has 1 aliphatic heterocycles. The summed E-state index contributed by atoms with van der Waals surface area (Å²) in [5, 5.41) is 11.2. The summed E-state index contributed by atoms with van der Waals surface area (Å²) in [5.74, 6) is 0. The number of piperidine rings is 1. The summed E-state index contributed by atoms with van der Waals surface area (Å²) in [4.78, 5) is 0. The Labute approximate surface area is 74.6 Å². The van der Waals surface area contributed by atoms with Gasteiger partial charge in [0.05, 0.1) is 6.10 Å². The summed E-state index contributed by atoms with van der Waals surface area (Å²) >= 11 is 0. The van der Waals surface area contributed by atoms with Crippen LogP contribution in [0.1, 0.15) is 12.8 Å². The van der Waals surface area contributed by atoms with E-state index in [1.165, 1.54) is 0 Å². The van der Waals surface area contributed by atoms with Gasteiger partial charge in [-0.25, -0.2) is 0 Å². The third-order valence-electron chi connectivity index (χ3n) is 1.77. The smallest absolute Gasteiger partial charge is 0.393 e. The lowest BCUT2D eigenvalue weighted by atomic mass is 10.0. The maximum absolute atomic E-state index is 11.9. The van der Waals surface area contributed by atoms with Gasteiger partial charge in [0.25, 0.3) is 0 Å². The van der Waals surface area contributed by atoms with Crippen LogP contribution in [0, 0.1) is 0 Å². The van der Waals surface area contributed by atoms with E-state index >= 15 is 0 Å². The van der Waals surface area contributed by atoms with Crippen LogP contribution in [0.15, 0.2) is 0 Å². The van der Waals surface area contributed by atoms with Gasteiger partial charge in [-0.3, -0.25) is 0 Å². The van der Waals surface area contributed by atoms with Crippen LogP contribution in [0.3, 0.4) is 0 Å². The molecule has 1 fully saturated rings. The molecule has 2 nitrogen and oxygen atoms in total. The largest absolute Gasteiger partial charge is 0.403 e. The quantitative estimate of drug-likeness (QED) is 0.621. The number of hydrogen-bond acceptors (Lipinski definition) is 2. The van der Waals surface area contributed by atoms with E-state index in [0.717, 1.165) is 0 Å². The molecule has 0 aromatic carbocycles. The summed E-state index contributed by atoms with van der Waals surface area (Å²) in [6, 6.07) is -1.52. The van der Waals surface area contributed by atoms with E-state index in [0.29, 0.717) is 6.42 Å². The van der Waals surface area contributed by atoms with Gasteiger partial charge in [0, 0.05) is 0 Å². The van der Waals surface area contributed by atoms with E-state index in [1.807, 2.05) is 0 Å². The predicted octanol–water partition coefficient (Wildman–Crippen LogP) is 1.08. The SMILES string of the molecule is Cl.O[C@@H]1CCN[C@@H](C(F)(F)F)C1. The molecule has 0 bridgehead atoms. The predicted molar refractivity (Wildman–Crippen MR) is 40.3 cm³/mol. The van der Waals surface area contributed by atoms with Crippen LogP contribution in [-0.2, 0) is 0 Å². The van der Waals surface area contributed by atoms with E-state index in [1.54, 1.807) is 0 Å². The Balaban J connectivity index is 0.00000121. The Hall–Kier alpha value is -0.0000000000000000555. The molecular weight excluding hydrogens is 195 g/mol. The number of halogens is 4. The fourth-order valence-corrected chi connectivity index (χ4v) is 1.15. The number of aliphatic hydroxyl groups excluding tert-OH is 1. The topological polar surface area (TPSA) is 32.3 Å². The minimum atomic E-state index is -4.22. The van der Waals surface area contributed by atoms with Crippen molar-refractivity contribution in [2.45, 2.75) is 31.2 Å². The van der Waals surface area contributed by atoms with E-state index in [9.17, 15) is 13.2 Å². The Bertz CT molecular complexity index is 141. The Kier molecular flexibility index (Phi) is 4.30. The monoisotopic (exact) mass is 205 g/mol. The highest BCUT2D eigenvalue weighted by Crippen LogP contribution is 2.25. The minimum Gasteiger partial charge on any atom is -0.393 e. The molecule has 1 saturated heterocycles. The second-order valence-corrected chi connectivity index (χ2v) is 2.73. The van der Waals surface area contributed by atoms with Crippen molar-refractivity contribution >= 4 is 12.4 Å². The van der Waals surface area contributed by atoms with Crippen LogP contribution in [0.25, 0.3) is 0 Å². The second-order valence-electron chi connectivity index (χ2n) is 2.73. The molecule has 0 unspecified atom stereocenters. The lowest BCUT2D eigenvalue weighted by molar-refractivity contribution is -0.167. The maximum Gasteiger partial charge on any atom is 0.403 e. The molecule has 1 heterocycles. The van der Waals surface area contributed by atoms with Crippen LogP contribution >= 0.6 is 12.4 Å². The van der Waals surface area contributed by atoms with Crippen molar-refractivity contribution in [2.75, 3.05) is 6.54 Å². The molecule has 6 heteroatoms. The van der Waals surface area contributed by atoms with Gasteiger partial charge < -0.3 is 10.4 Å². The zero-order valence-corrected chi connectivity index (χ0v) is 7.08. The molecule has 0 spiro atoms. The molecule has 74 valence electrons. The third kappa shape index (κ3) is 3.16. The molecule has 2 atom stereocenters. The van der Waals surface area contributed by atoms with Crippen molar-refractivity contribution in [3.8, 4) is 0 Å². The normalized spacial score (nSPS) is 31.0. The molecule has 0 amide bonds. The molecule has 0 aromatic heterocycles. The van der Waals surface area contributed by atoms with Gasteiger partial charge in [0.1, 0.15) is 6.04 Å². The van der Waals surface area contributed by atoms with Gasteiger partial charge in [0.15, 0.2) is 0 Å². The molecule has 0 radical (unpaired) electrons. The first kappa shape index (κ1) is 12.0. The van der Waals surface area contributed by atoms with Gasteiger partial charge in [-0.15, -0.1) is 12.4 Å². The van der Waals surface area contributed by atoms with Gasteiger partial charge in [-0.05, 0) is 19.4 Å². The fraction of sp³-hybridized carbons (Fsp3) is 1.00. The molecule has 1 rings (SSSR count). The third-order valence-corrected chi connectivity index (χ3v) is 1.77. The summed E-state index contributed by atoms with van der Waals surface area (Å²) in [7, 11) is 0. The van der Waals surface area contributed by atoms with Crippen molar-refractivity contribution in [3.63, 3.8) is 0 Å². The van der Waals surface area contributed by atoms with E-state index < -0.39 is 18.3 Å². The van der Waals surface area contributed by atoms with Gasteiger partial charge in [-0.1, -0.05) is 0 Å². The zero-order chi connectivity index (χ0) is 8.48. The summed E-state index contributed by atoms with van der Waals surface area (Å²) in [5.41, 5.74) is 0. The molecule has 0 aromatic rings. The van der Waals surface area contributed by atoms with Gasteiger partial charge >= 0.3 is 6.18 Å². The Morgan fingerprint density at radius 3 is 2.25 bits per heavy atom. The van der Waals surface area contributed by atoms with Crippen LogP contribution < -0.4 is 5.32 Å². The molecule has 0 saturated carbocycles. The highest BCUT2D eigenvalue weighted by Gasteiger charge is 2.41. The standard InChI is InChI=1S/C6H10F3NO.ClH/c7-6(8,9)5-3-4(11)1-2-10-5;/h4-5,10-11H,1-3H2;1H/t4-,5-;/m1./s1. The number of alkyl halides is 3.